The molecule has 0 aliphatic carbocycles. The van der Waals surface area contributed by atoms with Crippen molar-refractivity contribution in [3.63, 3.8) is 0 Å². The maximum Gasteiger partial charge on any atom is 0.416 e. The molecule has 15 rings (SSSR count). The first-order chi connectivity index (χ1) is 50.7. The second-order valence-corrected chi connectivity index (χ2v) is 32.5. The molecule has 5 aliphatic heterocycles. The van der Waals surface area contributed by atoms with E-state index in [4.69, 9.17) is 51.5 Å². The molecule has 5 aromatic heterocycles. The smallest absolute Gasteiger partial charge is 0.368 e. The molecule has 576 valence electrons. The highest BCUT2D eigenvalue weighted by Crippen LogP contribution is 2.40. The van der Waals surface area contributed by atoms with E-state index in [-0.39, 0.29) is 24.0 Å². The lowest BCUT2D eigenvalue weighted by Gasteiger charge is -2.47. The van der Waals surface area contributed by atoms with Crippen molar-refractivity contribution >= 4 is 168 Å². The molecule has 5 amide bonds. The molecule has 5 aliphatic rings. The Labute approximate surface area is 636 Å². The fourth-order valence-electron chi connectivity index (χ4n) is 14.2. The van der Waals surface area contributed by atoms with Crippen LogP contribution in [0.4, 0.5) is 51.2 Å². The lowest BCUT2D eigenvalue weighted by atomic mass is 9.97. The number of hydrogen-bond donors (Lipinski definition) is 7. The van der Waals surface area contributed by atoms with E-state index >= 15 is 0 Å². The number of urea groups is 2. The topological polar surface area (TPSA) is 337 Å². The maximum absolute atomic E-state index is 13.2. The van der Waals surface area contributed by atoms with Gasteiger partial charge in [-0.05, 0) is 80.9 Å². The van der Waals surface area contributed by atoms with Gasteiger partial charge in [0.2, 0.25) is 15.9 Å². The first-order valence-electron chi connectivity index (χ1n) is 34.4. The summed E-state index contributed by atoms with van der Waals surface area (Å²) in [4.78, 5) is 53.0. The zero-order chi connectivity index (χ0) is 77.0. The Bertz CT molecular complexity index is 5050. The number of amides is 5. The highest BCUT2D eigenvalue weighted by atomic mass is 35.5. The summed E-state index contributed by atoms with van der Waals surface area (Å²) in [5.74, 6) is -0.0304. The molecule has 5 saturated heterocycles. The summed E-state index contributed by atoms with van der Waals surface area (Å²) in [5, 5.41) is 49.6. The number of carbonyl (C=O) groups is 3. The van der Waals surface area contributed by atoms with E-state index < -0.39 is 37.5 Å². The number of aromatic nitrogens is 10. The average Bonchev–Trinajstić information content (AvgIpc) is 1.75. The molecule has 39 heteroatoms. The fourth-order valence-corrected chi connectivity index (χ4v) is 16.9. The number of alkyl halides is 3. The number of aromatic amines is 5. The Morgan fingerprint density at radius 3 is 1.24 bits per heavy atom. The number of nitrogens with two attached hydrogens (primary N) is 1. The third kappa shape index (κ3) is 18.5. The number of halogens is 7. The van der Waals surface area contributed by atoms with Gasteiger partial charge in [0.15, 0.2) is 0 Å². The van der Waals surface area contributed by atoms with Crippen LogP contribution in [0.3, 0.4) is 0 Å². The lowest BCUT2D eigenvalue weighted by molar-refractivity contribution is -0.137. The van der Waals surface area contributed by atoms with Gasteiger partial charge in [0.05, 0.1) is 75.9 Å². The SMILES string of the molecule is CC(=O)N1CCN(c2cc(C(F)(F)F)cc3[nH]ncc23)CC1(C)C.CCC1CN(c2cc(Cl)cc3[nH]ncc23)CCN1S(C)(=O)=O.CN(C)C(=O)N1CCN(c2cc(Cl)cc3[nH]ncc23)CC1.CNC(=O)N1CCN(c2cc(Cl)cc3[nH]ncc23)CC1.NS(=O)(=O)N1CCN(c2cc(Cl)cc3[nH]ncc23)CC1. The number of anilines is 5. The molecule has 30 nitrogen and oxygen atoms in total. The quantitative estimate of drug-likeness (QED) is 0.0744. The van der Waals surface area contributed by atoms with E-state index in [1.54, 1.807) is 47.6 Å². The van der Waals surface area contributed by atoms with Crippen LogP contribution in [0.25, 0.3) is 54.5 Å². The highest BCUT2D eigenvalue weighted by molar-refractivity contribution is 7.88. The van der Waals surface area contributed by atoms with Crippen LogP contribution < -0.4 is 35.0 Å². The molecule has 107 heavy (non-hydrogen) atoms. The fraction of sp³-hybridized carbons (Fsp3) is 0.441. The number of carbonyl (C=O) groups excluding carboxylic acids is 3. The summed E-state index contributed by atoms with van der Waals surface area (Å²) < 4.78 is 88.8. The van der Waals surface area contributed by atoms with E-state index in [0.717, 1.165) is 111 Å². The Morgan fingerprint density at radius 2 is 0.897 bits per heavy atom. The van der Waals surface area contributed by atoms with Gasteiger partial charge in [-0.3, -0.25) is 30.3 Å². The van der Waals surface area contributed by atoms with E-state index in [0.29, 0.717) is 128 Å². The van der Waals surface area contributed by atoms with Crippen molar-refractivity contribution in [2.24, 2.45) is 5.14 Å². The van der Waals surface area contributed by atoms with Crippen LogP contribution in [0, 0.1) is 0 Å². The van der Waals surface area contributed by atoms with E-state index in [2.05, 4.69) is 75.9 Å². The van der Waals surface area contributed by atoms with Crippen LogP contribution in [-0.2, 0) is 31.2 Å². The first-order valence-corrected chi connectivity index (χ1v) is 39.3. The number of H-pyrrole nitrogens is 5. The molecular weight excluding hydrogens is 1510 g/mol. The minimum Gasteiger partial charge on any atom is -0.368 e. The standard InChI is InChI=1S/C16H19F3N4O.C14H18ClN5O.C14H19ClN4O2S.C13H16ClN5O.C11H14ClN5O2S/c1-10(24)23-5-4-22(9-15(23,2)3)14-7-11(16(17,18)19)6-13-12(14)8-20-21-13;1-18(2)14(21)20-5-3-19(4-6-20)13-8-10(15)7-12-11(13)9-16-17-12;1-3-11-9-18(4-5-19(11)22(2,20)21)14-7-10(15)6-13-12(14)8-16-17-13;1-15-13(20)19-4-2-18(3-5-19)12-7-9(14)6-11-10(12)8-16-17-11;12-8-5-10-9(7-14-15-10)11(6-8)16-1-3-17(4-2-16)20(13,18)19/h6-8H,4-5,9H2,1-3H3,(H,20,21);7-9H,3-6H2,1-2H3,(H,16,17);6-8,11H,3-5,9H2,1-2H3,(H,16,17);6-8H,2-5H2,1H3,(H,15,20)(H,16,17);5-7H,1-4H2,(H,14,15)(H2,13,18,19). The van der Waals surface area contributed by atoms with Crippen LogP contribution in [0.5, 0.6) is 0 Å². The summed E-state index contributed by atoms with van der Waals surface area (Å²) in [6, 6.07) is 17.4. The van der Waals surface area contributed by atoms with E-state index in [1.165, 1.54) is 23.7 Å². The molecule has 5 fully saturated rings. The summed E-state index contributed by atoms with van der Waals surface area (Å²) >= 11 is 24.6. The molecule has 0 saturated carbocycles. The molecule has 0 spiro atoms. The van der Waals surface area contributed by atoms with Gasteiger partial charge in [0, 0.05) is 227 Å². The van der Waals surface area contributed by atoms with Gasteiger partial charge >= 0.3 is 18.2 Å². The van der Waals surface area contributed by atoms with Gasteiger partial charge in [-0.1, -0.05) is 53.3 Å². The molecule has 0 bridgehead atoms. The number of hydrogen-bond acceptors (Lipinski definition) is 17. The van der Waals surface area contributed by atoms with E-state index in [9.17, 15) is 44.4 Å². The molecule has 8 N–H and O–H groups in total. The lowest BCUT2D eigenvalue weighted by Crippen LogP contribution is -2.60. The van der Waals surface area contributed by atoms with Crippen LogP contribution in [0.1, 0.15) is 39.7 Å². The Morgan fingerprint density at radius 1 is 0.542 bits per heavy atom. The molecule has 1 unspecified atom stereocenters. The van der Waals surface area contributed by atoms with E-state index in [1.807, 2.05) is 96.4 Å². The summed E-state index contributed by atoms with van der Waals surface area (Å²) in [5.41, 5.74) is 7.39. The normalized spacial score (nSPS) is 17.7. The number of piperazine rings is 5. The third-order valence-electron chi connectivity index (χ3n) is 19.5. The number of benzene rings is 5. The van der Waals surface area contributed by atoms with Gasteiger partial charge < -0.3 is 49.4 Å². The molecule has 10 heterocycles. The highest BCUT2D eigenvalue weighted by Gasteiger charge is 2.39. The van der Waals surface area contributed by atoms with Gasteiger partial charge in [-0.2, -0.15) is 55.7 Å². The van der Waals surface area contributed by atoms with Crippen molar-refractivity contribution in [3.05, 3.63) is 117 Å². The van der Waals surface area contributed by atoms with Crippen LogP contribution in [0.15, 0.2) is 91.6 Å². The van der Waals surface area contributed by atoms with Crippen molar-refractivity contribution in [2.45, 2.75) is 51.9 Å². The largest absolute Gasteiger partial charge is 0.416 e. The van der Waals surface area contributed by atoms with Gasteiger partial charge in [-0.25, -0.2) is 23.1 Å². The van der Waals surface area contributed by atoms with Gasteiger partial charge in [-0.15, -0.1) is 0 Å². The third-order valence-corrected chi connectivity index (χ3v) is 22.8. The molecule has 10 aromatic rings. The van der Waals surface area contributed by atoms with Crippen LogP contribution in [0.2, 0.25) is 20.1 Å². The number of sulfonamides is 1. The molecular formula is C68H86Cl4F3N23O7S2. The monoisotopic (exact) mass is 1600 g/mol. The zero-order valence-electron chi connectivity index (χ0n) is 60.2. The summed E-state index contributed by atoms with van der Waals surface area (Å²) in [6.07, 6.45) is 6.32. The average molecular weight is 1600 g/mol. The number of rotatable bonds is 8. The van der Waals surface area contributed by atoms with Crippen molar-refractivity contribution in [2.75, 3.05) is 170 Å². The van der Waals surface area contributed by atoms with Crippen molar-refractivity contribution in [1.82, 2.24) is 84.5 Å². The van der Waals surface area contributed by atoms with Crippen LogP contribution in [-0.4, -0.2) is 271 Å². The Kier molecular flexibility index (Phi) is 24.4. The predicted octanol–water partition coefficient (Wildman–Crippen LogP) is 9.34. The molecule has 1 atom stereocenters. The van der Waals surface area contributed by atoms with Crippen molar-refractivity contribution in [1.29, 1.82) is 0 Å². The number of fused-ring (bicyclic) bond motifs is 5. The van der Waals surface area contributed by atoms with Gasteiger partial charge in [0.1, 0.15) is 0 Å². The second-order valence-electron chi connectivity index (χ2n) is 27.2. The van der Waals surface area contributed by atoms with Crippen molar-refractivity contribution in [3.8, 4) is 0 Å². The Balaban J connectivity index is 0.000000133. The van der Waals surface area contributed by atoms with Gasteiger partial charge in [0.25, 0.3) is 10.2 Å². The molecule has 5 aromatic carbocycles. The second kappa shape index (κ2) is 33.0. The Hall–Kier alpha value is -8.81. The van der Waals surface area contributed by atoms with Crippen LogP contribution >= 0.6 is 46.4 Å². The minimum absolute atomic E-state index is 0.0234. The number of nitrogens with zero attached hydrogens (tertiary/aromatic N) is 16. The summed E-state index contributed by atoms with van der Waals surface area (Å²) in [6.45, 7) is 18.4. The first kappa shape index (κ1) is 79.2. The minimum atomic E-state index is -4.43. The van der Waals surface area contributed by atoms with Crippen molar-refractivity contribution < 1.29 is 44.4 Å². The summed E-state index contributed by atoms with van der Waals surface area (Å²) in [7, 11) is -1.57. The maximum atomic E-state index is 13.2. The zero-order valence-corrected chi connectivity index (χ0v) is 64.9. The number of nitrogens with one attached hydrogen (secondary N) is 6. The molecule has 0 radical (unpaired) electrons. The predicted molar refractivity (Wildman–Crippen MR) is 415 cm³/mol.